The van der Waals surface area contributed by atoms with E-state index in [-0.39, 0.29) is 5.56 Å². The minimum absolute atomic E-state index is 0.113. The van der Waals surface area contributed by atoms with Crippen molar-refractivity contribution in [2.75, 3.05) is 20.8 Å². The summed E-state index contributed by atoms with van der Waals surface area (Å²) in [5.41, 5.74) is 2.22. The number of hydrogen-bond donors (Lipinski definition) is 0. The number of aryl methyl sites for hydroxylation is 2. The molecule has 0 bridgehead atoms. The van der Waals surface area contributed by atoms with Crippen LogP contribution in [0.25, 0.3) is 27.3 Å². The first-order valence-electron chi connectivity index (χ1n) is 11.9. The Balaban J connectivity index is 1.49. The van der Waals surface area contributed by atoms with Crippen molar-refractivity contribution >= 4 is 33.3 Å². The molecule has 196 valence electrons. The normalized spacial score (nSPS) is 11.2. The number of thioether (sulfide) groups is 1. The van der Waals surface area contributed by atoms with Crippen molar-refractivity contribution in [2.45, 2.75) is 31.7 Å². The van der Waals surface area contributed by atoms with Gasteiger partial charge in [0.05, 0.1) is 43.2 Å². The number of ether oxygens (including phenoxy) is 3. The van der Waals surface area contributed by atoms with Crippen LogP contribution < -0.4 is 19.8 Å². The molecule has 0 amide bonds. The van der Waals surface area contributed by atoms with Crippen LogP contribution in [0.4, 0.5) is 0 Å². The summed E-state index contributed by atoms with van der Waals surface area (Å²) in [7, 11) is 3.17. The zero-order valence-corrected chi connectivity index (χ0v) is 23.2. The Morgan fingerprint density at radius 1 is 1.03 bits per heavy atom. The van der Waals surface area contributed by atoms with Gasteiger partial charge in [-0.25, -0.2) is 4.98 Å². The maximum atomic E-state index is 13.7. The molecule has 0 radical (unpaired) electrons. The third kappa shape index (κ3) is 4.86. The Kier molecular flexibility index (Phi) is 7.39. The van der Waals surface area contributed by atoms with Crippen LogP contribution in [0.15, 0.2) is 56.9 Å². The Morgan fingerprint density at radius 3 is 2.50 bits per heavy atom. The highest BCUT2D eigenvalue weighted by molar-refractivity contribution is 7.98. The summed E-state index contributed by atoms with van der Waals surface area (Å²) in [5, 5.41) is 5.31. The summed E-state index contributed by atoms with van der Waals surface area (Å²) in [5.74, 6) is 3.10. The molecule has 0 saturated heterocycles. The summed E-state index contributed by atoms with van der Waals surface area (Å²) in [6.07, 6.45) is 0. The van der Waals surface area contributed by atoms with Gasteiger partial charge in [0.2, 0.25) is 11.7 Å². The van der Waals surface area contributed by atoms with Crippen LogP contribution in [-0.4, -0.2) is 40.5 Å². The van der Waals surface area contributed by atoms with E-state index in [0.29, 0.717) is 62.2 Å². The highest BCUT2D eigenvalue weighted by Gasteiger charge is 2.20. The van der Waals surface area contributed by atoms with Crippen LogP contribution in [0.3, 0.4) is 0 Å². The molecule has 5 rings (SSSR count). The van der Waals surface area contributed by atoms with Gasteiger partial charge in [0.15, 0.2) is 5.16 Å². The van der Waals surface area contributed by atoms with Crippen LogP contribution >= 0.6 is 23.1 Å². The van der Waals surface area contributed by atoms with E-state index in [0.717, 1.165) is 16.2 Å². The molecule has 3 aromatic heterocycles. The van der Waals surface area contributed by atoms with Crippen molar-refractivity contribution in [1.82, 2.24) is 19.7 Å². The van der Waals surface area contributed by atoms with E-state index < -0.39 is 0 Å². The number of aromatic nitrogens is 4. The van der Waals surface area contributed by atoms with Crippen LogP contribution in [0.1, 0.15) is 23.3 Å². The molecule has 0 spiro atoms. The number of fused-ring (bicyclic) bond motifs is 1. The second-order valence-corrected chi connectivity index (χ2v) is 10.4. The monoisotopic (exact) mass is 550 g/mol. The highest BCUT2D eigenvalue weighted by atomic mass is 32.2. The zero-order valence-electron chi connectivity index (χ0n) is 21.6. The summed E-state index contributed by atoms with van der Waals surface area (Å²) >= 11 is 2.87. The molecule has 0 atom stereocenters. The number of nitrogens with zero attached hydrogens (tertiary/aromatic N) is 4. The smallest absolute Gasteiger partial charge is 0.267 e. The summed E-state index contributed by atoms with van der Waals surface area (Å²) < 4.78 is 23.5. The van der Waals surface area contributed by atoms with Crippen molar-refractivity contribution in [1.29, 1.82) is 0 Å². The fraction of sp³-hybridized carbons (Fsp3) is 0.259. The molecule has 9 nitrogen and oxygen atoms in total. The lowest BCUT2D eigenvalue weighted by molar-refractivity contribution is 0.340. The summed E-state index contributed by atoms with van der Waals surface area (Å²) in [6.45, 7) is 6.46. The Morgan fingerprint density at radius 2 is 1.79 bits per heavy atom. The van der Waals surface area contributed by atoms with Gasteiger partial charge in [-0.2, -0.15) is 4.98 Å². The Hall–Kier alpha value is -3.83. The second kappa shape index (κ2) is 10.9. The minimum Gasteiger partial charge on any atom is -0.497 e. The van der Waals surface area contributed by atoms with Crippen LogP contribution in [0.5, 0.6) is 17.2 Å². The maximum absolute atomic E-state index is 13.7. The van der Waals surface area contributed by atoms with E-state index >= 15 is 0 Å². The quantitative estimate of drug-likeness (QED) is 0.166. The number of methoxy groups -OCH3 is 2. The van der Waals surface area contributed by atoms with Crippen LogP contribution in [0, 0.1) is 13.8 Å². The molecule has 3 heterocycles. The van der Waals surface area contributed by atoms with Crippen molar-refractivity contribution in [3.8, 4) is 34.3 Å². The lowest BCUT2D eigenvalue weighted by Crippen LogP contribution is -2.21. The second-order valence-electron chi connectivity index (χ2n) is 8.29. The van der Waals surface area contributed by atoms with E-state index in [1.54, 1.807) is 24.9 Å². The molecular weight excluding hydrogens is 524 g/mol. The van der Waals surface area contributed by atoms with Crippen molar-refractivity contribution in [3.05, 3.63) is 69.1 Å². The van der Waals surface area contributed by atoms with Crippen molar-refractivity contribution < 1.29 is 18.7 Å². The topological polar surface area (TPSA) is 102 Å². The third-order valence-electron chi connectivity index (χ3n) is 6.02. The van der Waals surface area contributed by atoms with Crippen molar-refractivity contribution in [3.63, 3.8) is 0 Å². The predicted octanol–water partition coefficient (Wildman–Crippen LogP) is 5.82. The van der Waals surface area contributed by atoms with Crippen LogP contribution in [0.2, 0.25) is 0 Å². The highest BCUT2D eigenvalue weighted by Crippen LogP contribution is 2.33. The standard InChI is InChI=1S/C27H26N4O5S2/c1-6-35-18-9-7-17(8-10-18)31-26(32)23-15(2)16(3)38-25(23)29-27(31)37-14-22-28-24(30-36-22)20-12-11-19(33-4)13-21(20)34-5/h7-13H,6,14H2,1-5H3. The van der Waals surface area contributed by atoms with Crippen LogP contribution in [-0.2, 0) is 5.75 Å². The first kappa shape index (κ1) is 25.8. The SMILES string of the molecule is CCOc1ccc(-n2c(SCc3nc(-c4ccc(OC)cc4OC)no3)nc3sc(C)c(C)c3c2=O)cc1. The van der Waals surface area contributed by atoms with E-state index in [9.17, 15) is 4.79 Å². The van der Waals surface area contributed by atoms with Gasteiger partial charge in [-0.05, 0) is 62.7 Å². The molecule has 0 fully saturated rings. The van der Waals surface area contributed by atoms with E-state index in [4.69, 9.17) is 23.7 Å². The van der Waals surface area contributed by atoms with E-state index in [2.05, 4.69) is 10.1 Å². The molecule has 2 aromatic carbocycles. The molecule has 11 heteroatoms. The maximum Gasteiger partial charge on any atom is 0.267 e. The van der Waals surface area contributed by atoms with Gasteiger partial charge < -0.3 is 18.7 Å². The van der Waals surface area contributed by atoms with Gasteiger partial charge in [0.1, 0.15) is 22.1 Å². The minimum atomic E-state index is -0.113. The van der Waals surface area contributed by atoms with Gasteiger partial charge >= 0.3 is 0 Å². The van der Waals surface area contributed by atoms with Gasteiger partial charge in [0, 0.05) is 10.9 Å². The number of thiophene rings is 1. The van der Waals surface area contributed by atoms with Gasteiger partial charge in [-0.15, -0.1) is 11.3 Å². The predicted molar refractivity (Wildman–Crippen MR) is 148 cm³/mol. The Bertz CT molecular complexity index is 1660. The van der Waals surface area contributed by atoms with E-state index in [1.807, 2.05) is 57.2 Å². The fourth-order valence-electron chi connectivity index (χ4n) is 3.99. The molecular formula is C27H26N4O5S2. The number of benzene rings is 2. The molecule has 0 aliphatic heterocycles. The zero-order chi connectivity index (χ0) is 26.8. The molecule has 5 aromatic rings. The molecule has 0 saturated carbocycles. The molecule has 0 aliphatic carbocycles. The van der Waals surface area contributed by atoms with Gasteiger partial charge in [0.25, 0.3) is 5.56 Å². The molecule has 0 aliphatic rings. The summed E-state index contributed by atoms with van der Waals surface area (Å²) in [4.78, 5) is 24.9. The molecule has 0 N–H and O–H groups in total. The van der Waals surface area contributed by atoms with Crippen molar-refractivity contribution in [2.24, 2.45) is 0 Å². The fourth-order valence-corrected chi connectivity index (χ4v) is 5.91. The lowest BCUT2D eigenvalue weighted by Gasteiger charge is -2.12. The first-order chi connectivity index (χ1) is 18.4. The Labute approximate surface area is 227 Å². The average molecular weight is 551 g/mol. The van der Waals surface area contributed by atoms with Gasteiger partial charge in [-0.1, -0.05) is 16.9 Å². The van der Waals surface area contributed by atoms with Gasteiger partial charge in [-0.3, -0.25) is 9.36 Å². The number of hydrogen-bond acceptors (Lipinski definition) is 10. The largest absolute Gasteiger partial charge is 0.497 e. The third-order valence-corrected chi connectivity index (χ3v) is 8.04. The summed E-state index contributed by atoms with van der Waals surface area (Å²) in [6, 6.07) is 12.8. The number of rotatable bonds is 9. The molecule has 38 heavy (non-hydrogen) atoms. The average Bonchev–Trinajstić information content (AvgIpc) is 3.51. The molecule has 0 unspecified atom stereocenters. The lowest BCUT2D eigenvalue weighted by atomic mass is 10.2. The first-order valence-corrected chi connectivity index (χ1v) is 13.7. The van der Waals surface area contributed by atoms with E-state index in [1.165, 1.54) is 23.1 Å².